The number of hydrazine groups is 1. The molecule has 116 valence electrons. The summed E-state index contributed by atoms with van der Waals surface area (Å²) >= 11 is 1.48. The smallest absolute Gasteiger partial charge is 0.150 e. The Hall–Kier alpha value is -1.02. The van der Waals surface area contributed by atoms with E-state index in [4.69, 9.17) is 5.84 Å². The summed E-state index contributed by atoms with van der Waals surface area (Å²) in [4.78, 5) is 0.993. The van der Waals surface area contributed by atoms with Gasteiger partial charge >= 0.3 is 0 Å². The predicted molar refractivity (Wildman–Crippen MR) is 85.4 cm³/mol. The van der Waals surface area contributed by atoms with Crippen LogP contribution in [0.15, 0.2) is 24.3 Å². The van der Waals surface area contributed by atoms with E-state index in [0.717, 1.165) is 15.0 Å². The van der Waals surface area contributed by atoms with Gasteiger partial charge in [-0.05, 0) is 36.4 Å². The van der Waals surface area contributed by atoms with Crippen molar-refractivity contribution in [1.29, 1.82) is 0 Å². The van der Waals surface area contributed by atoms with Gasteiger partial charge in [-0.15, -0.1) is 11.3 Å². The average molecular weight is 330 g/mol. The molecule has 1 aromatic heterocycles. The molecule has 0 radical (unpaired) electrons. The highest BCUT2D eigenvalue weighted by atomic mass is 32.2. The summed E-state index contributed by atoms with van der Waals surface area (Å²) in [5.74, 6) is 5.64. The van der Waals surface area contributed by atoms with E-state index in [1.165, 1.54) is 23.5 Å². The van der Waals surface area contributed by atoms with Crippen LogP contribution in [0.2, 0.25) is 0 Å². The van der Waals surface area contributed by atoms with Crippen LogP contribution in [0.25, 0.3) is 10.1 Å². The first kappa shape index (κ1) is 16.4. The van der Waals surface area contributed by atoms with Crippen molar-refractivity contribution >= 4 is 31.3 Å². The quantitative estimate of drug-likeness (QED) is 0.605. The molecule has 1 unspecified atom stereocenters. The monoisotopic (exact) mass is 330 g/mol. The summed E-state index contributed by atoms with van der Waals surface area (Å²) in [6, 6.07) is 6.52. The second-order valence-corrected chi connectivity index (χ2v) is 8.52. The molecule has 0 fully saturated rings. The van der Waals surface area contributed by atoms with Crippen LogP contribution in [-0.4, -0.2) is 19.9 Å². The molecule has 0 bridgehead atoms. The zero-order valence-electron chi connectivity index (χ0n) is 11.8. The number of rotatable bonds is 7. The molecule has 21 heavy (non-hydrogen) atoms. The van der Waals surface area contributed by atoms with Gasteiger partial charge in [-0.2, -0.15) is 0 Å². The zero-order chi connectivity index (χ0) is 15.5. The van der Waals surface area contributed by atoms with Gasteiger partial charge in [-0.1, -0.05) is 13.0 Å². The van der Waals surface area contributed by atoms with Crippen LogP contribution >= 0.6 is 11.3 Å². The highest BCUT2D eigenvalue weighted by molar-refractivity contribution is 7.91. The van der Waals surface area contributed by atoms with Crippen LogP contribution in [0.1, 0.15) is 30.7 Å². The summed E-state index contributed by atoms with van der Waals surface area (Å²) in [5, 5.41) is 0.970. The molecule has 0 amide bonds. The average Bonchev–Trinajstić information content (AvgIpc) is 2.86. The maximum Gasteiger partial charge on any atom is 0.150 e. The van der Waals surface area contributed by atoms with Crippen molar-refractivity contribution in [3.63, 3.8) is 0 Å². The molecule has 0 spiro atoms. The Balaban J connectivity index is 2.09. The lowest BCUT2D eigenvalue weighted by atomic mass is 10.1. The Morgan fingerprint density at radius 3 is 2.81 bits per heavy atom. The second-order valence-electron chi connectivity index (χ2n) is 4.93. The lowest BCUT2D eigenvalue weighted by Crippen LogP contribution is -2.27. The van der Waals surface area contributed by atoms with Crippen LogP contribution in [0.3, 0.4) is 0 Å². The number of hydrogen-bond acceptors (Lipinski definition) is 5. The van der Waals surface area contributed by atoms with E-state index in [1.54, 1.807) is 13.0 Å². The SMILES string of the molecule is CCS(=O)(=O)CCCC(NN)c1cc2ccc(F)cc2s1. The summed E-state index contributed by atoms with van der Waals surface area (Å²) in [6.45, 7) is 1.65. The van der Waals surface area contributed by atoms with Gasteiger partial charge in [0.15, 0.2) is 0 Å². The minimum Gasteiger partial charge on any atom is -0.271 e. The highest BCUT2D eigenvalue weighted by Crippen LogP contribution is 2.32. The zero-order valence-corrected chi connectivity index (χ0v) is 13.4. The molecular formula is C14H19FN2O2S2. The summed E-state index contributed by atoms with van der Waals surface area (Å²) in [5.41, 5.74) is 2.72. The van der Waals surface area contributed by atoms with E-state index in [-0.39, 0.29) is 23.4 Å². The molecule has 1 aromatic carbocycles. The van der Waals surface area contributed by atoms with Crippen LogP contribution in [0.5, 0.6) is 0 Å². The first-order chi connectivity index (χ1) is 9.95. The molecule has 2 aromatic rings. The van der Waals surface area contributed by atoms with Crippen LogP contribution in [0.4, 0.5) is 4.39 Å². The van der Waals surface area contributed by atoms with Gasteiger partial charge in [0.1, 0.15) is 15.7 Å². The highest BCUT2D eigenvalue weighted by Gasteiger charge is 2.15. The van der Waals surface area contributed by atoms with Gasteiger partial charge < -0.3 is 0 Å². The summed E-state index contributed by atoms with van der Waals surface area (Å²) < 4.78 is 37.1. The summed E-state index contributed by atoms with van der Waals surface area (Å²) in [6.07, 6.45) is 1.18. The van der Waals surface area contributed by atoms with E-state index in [0.29, 0.717) is 12.8 Å². The third-order valence-corrected chi connectivity index (χ3v) is 6.44. The molecule has 4 nitrogen and oxygen atoms in total. The fraction of sp³-hybridized carbons (Fsp3) is 0.429. The molecule has 0 aliphatic rings. The Morgan fingerprint density at radius 2 is 2.14 bits per heavy atom. The van der Waals surface area contributed by atoms with Gasteiger partial charge in [0.2, 0.25) is 0 Å². The molecule has 0 aliphatic heterocycles. The fourth-order valence-electron chi connectivity index (χ4n) is 2.16. The molecule has 0 saturated heterocycles. The third kappa shape index (κ3) is 4.23. The molecule has 7 heteroatoms. The summed E-state index contributed by atoms with van der Waals surface area (Å²) in [7, 11) is -2.95. The minimum atomic E-state index is -2.95. The molecule has 1 heterocycles. The van der Waals surface area contributed by atoms with Crippen LogP contribution < -0.4 is 11.3 Å². The second kappa shape index (κ2) is 6.83. The van der Waals surface area contributed by atoms with Crippen molar-refractivity contribution < 1.29 is 12.8 Å². The molecule has 0 saturated carbocycles. The normalized spacial score (nSPS) is 13.7. The Bertz CT molecular complexity index is 713. The van der Waals surface area contributed by atoms with E-state index in [2.05, 4.69) is 5.43 Å². The number of nitrogens with two attached hydrogens (primary N) is 1. The Kier molecular flexibility index (Phi) is 5.32. The largest absolute Gasteiger partial charge is 0.271 e. The van der Waals surface area contributed by atoms with Crippen molar-refractivity contribution in [2.45, 2.75) is 25.8 Å². The van der Waals surface area contributed by atoms with Crippen LogP contribution in [-0.2, 0) is 9.84 Å². The standard InChI is InChI=1S/C14H19FN2O2S2/c1-2-21(18,19)7-3-4-12(17-16)14-8-10-5-6-11(15)9-13(10)20-14/h5-6,8-9,12,17H,2-4,7,16H2,1H3. The van der Waals surface area contributed by atoms with E-state index < -0.39 is 9.84 Å². The minimum absolute atomic E-state index is 0.113. The van der Waals surface area contributed by atoms with Crippen molar-refractivity contribution in [1.82, 2.24) is 5.43 Å². The van der Waals surface area contributed by atoms with E-state index in [9.17, 15) is 12.8 Å². The van der Waals surface area contributed by atoms with E-state index >= 15 is 0 Å². The molecule has 1 atom stereocenters. The van der Waals surface area contributed by atoms with Gasteiger partial charge in [0, 0.05) is 15.3 Å². The fourth-order valence-corrected chi connectivity index (χ4v) is 4.24. The van der Waals surface area contributed by atoms with Gasteiger partial charge in [0.25, 0.3) is 0 Å². The number of hydrogen-bond donors (Lipinski definition) is 2. The maximum absolute atomic E-state index is 13.2. The maximum atomic E-state index is 13.2. The van der Waals surface area contributed by atoms with Crippen molar-refractivity contribution in [2.75, 3.05) is 11.5 Å². The number of nitrogens with one attached hydrogen (secondary N) is 1. The van der Waals surface area contributed by atoms with E-state index in [1.807, 2.05) is 6.07 Å². The number of fused-ring (bicyclic) bond motifs is 1. The van der Waals surface area contributed by atoms with Crippen molar-refractivity contribution in [3.8, 4) is 0 Å². The molecule has 3 N–H and O–H groups in total. The van der Waals surface area contributed by atoms with Gasteiger partial charge in [-0.3, -0.25) is 11.3 Å². The third-order valence-electron chi connectivity index (χ3n) is 3.43. The number of thiophene rings is 1. The predicted octanol–water partition coefficient (Wildman–Crippen LogP) is 2.76. The van der Waals surface area contributed by atoms with Crippen LogP contribution in [0, 0.1) is 5.82 Å². The molecule has 0 aliphatic carbocycles. The number of sulfone groups is 1. The van der Waals surface area contributed by atoms with Gasteiger partial charge in [0.05, 0.1) is 11.8 Å². The molecular weight excluding hydrogens is 311 g/mol. The van der Waals surface area contributed by atoms with Gasteiger partial charge in [-0.25, -0.2) is 12.8 Å². The first-order valence-corrected chi connectivity index (χ1v) is 9.44. The number of halogens is 1. The lowest BCUT2D eigenvalue weighted by molar-refractivity contribution is 0.514. The van der Waals surface area contributed by atoms with Crippen molar-refractivity contribution in [3.05, 3.63) is 35.0 Å². The Morgan fingerprint density at radius 1 is 1.38 bits per heavy atom. The molecule has 2 rings (SSSR count). The van der Waals surface area contributed by atoms with Crippen molar-refractivity contribution in [2.24, 2.45) is 5.84 Å². The first-order valence-electron chi connectivity index (χ1n) is 6.80. The topological polar surface area (TPSA) is 72.2 Å². The number of benzene rings is 1. The lowest BCUT2D eigenvalue weighted by Gasteiger charge is -2.13. The Labute approximate surface area is 128 Å².